The average Bonchev–Trinajstić information content (AvgIpc) is 3.35. The van der Waals surface area contributed by atoms with Crippen molar-refractivity contribution in [2.45, 2.75) is 6.54 Å². The quantitative estimate of drug-likeness (QED) is 0.365. The van der Waals surface area contributed by atoms with Crippen LogP contribution in [-0.2, 0) is 6.54 Å². The largest absolute Gasteiger partial charge is 0.319 e. The fraction of sp³-hybridized carbons (Fsp3) is 0.0357. The number of imidazole rings is 1. The minimum atomic E-state index is -1.15. The number of allylic oxidation sites excluding steroid dienone is 4. The summed E-state index contributed by atoms with van der Waals surface area (Å²) in [7, 11) is 0. The molecule has 0 saturated heterocycles. The topological polar surface area (TPSA) is 101 Å². The van der Waals surface area contributed by atoms with Gasteiger partial charge in [0.05, 0.1) is 28.9 Å². The van der Waals surface area contributed by atoms with Crippen LogP contribution in [0.2, 0.25) is 0 Å². The number of H-pyrrole nitrogens is 1. The number of pyridine rings is 2. The molecule has 4 heterocycles. The zero-order valence-corrected chi connectivity index (χ0v) is 19.4. The number of hydrogen-bond donors (Lipinski definition) is 1. The van der Waals surface area contributed by atoms with Gasteiger partial charge in [-0.1, -0.05) is 30.4 Å². The van der Waals surface area contributed by atoms with Gasteiger partial charge in [0.1, 0.15) is 11.3 Å². The van der Waals surface area contributed by atoms with E-state index < -0.39 is 29.0 Å². The number of rotatable bonds is 4. The standard InChI is InChI=1S/C28H15F2N5O3/c29-19-9-8-16-15(12-21(36)32-23(16)22(19)30)13-34-25(14-4-3-5-14)33-24-20(10-11-31-26(24)34)35-27(37)17-6-1-2-7-18(17)28(35)38/h1-12H,13H2,(H,32,36). The Labute approximate surface area is 212 Å². The molecule has 1 N–H and O–H groups in total. The molecule has 0 bridgehead atoms. The molecule has 0 spiro atoms. The third-order valence-electron chi connectivity index (χ3n) is 6.78. The van der Waals surface area contributed by atoms with Crippen LogP contribution in [0.25, 0.3) is 27.6 Å². The summed E-state index contributed by atoms with van der Waals surface area (Å²) in [5, 5.41) is 0.325. The Bertz CT molecular complexity index is 1970. The number of amides is 2. The molecule has 0 atom stereocenters. The molecule has 0 saturated carbocycles. The minimum absolute atomic E-state index is 0.0427. The molecule has 2 amide bonds. The molecule has 184 valence electrons. The molecular formula is C28H15F2N5O3. The number of benzene rings is 2. The first-order chi connectivity index (χ1) is 18.4. The molecule has 2 aliphatic rings. The molecule has 0 radical (unpaired) electrons. The SMILES string of the molecule is O=C1c2ccccc2C(=O)N1c1ccnc2c1nc(C1=CC=C1)n2Cc1cc(=O)[nH]c2c(F)c(F)ccc12. The molecule has 38 heavy (non-hydrogen) atoms. The van der Waals surface area contributed by atoms with Crippen molar-refractivity contribution in [3.63, 3.8) is 0 Å². The molecule has 2 aromatic carbocycles. The van der Waals surface area contributed by atoms with Crippen LogP contribution in [0.3, 0.4) is 0 Å². The fourth-order valence-corrected chi connectivity index (χ4v) is 4.94. The van der Waals surface area contributed by atoms with Gasteiger partial charge >= 0.3 is 0 Å². The fourth-order valence-electron chi connectivity index (χ4n) is 4.94. The van der Waals surface area contributed by atoms with Gasteiger partial charge in [-0.15, -0.1) is 0 Å². The summed E-state index contributed by atoms with van der Waals surface area (Å²) in [5.41, 5.74) is 1.89. The molecule has 3 aromatic heterocycles. The molecule has 5 aromatic rings. The van der Waals surface area contributed by atoms with Crippen molar-refractivity contribution < 1.29 is 18.4 Å². The Hall–Kier alpha value is -5.25. The van der Waals surface area contributed by atoms with Crippen molar-refractivity contribution in [3.05, 3.63) is 117 Å². The van der Waals surface area contributed by atoms with Crippen molar-refractivity contribution >= 4 is 45.1 Å². The maximum absolute atomic E-state index is 14.5. The van der Waals surface area contributed by atoms with Crippen molar-refractivity contribution in [1.29, 1.82) is 0 Å². The number of aromatic nitrogens is 4. The van der Waals surface area contributed by atoms with Gasteiger partial charge in [-0.25, -0.2) is 23.6 Å². The lowest BCUT2D eigenvalue weighted by Crippen LogP contribution is -2.29. The van der Waals surface area contributed by atoms with Gasteiger partial charge in [-0.2, -0.15) is 0 Å². The number of nitrogens with one attached hydrogen (secondary N) is 1. The van der Waals surface area contributed by atoms with Crippen molar-refractivity contribution in [2.24, 2.45) is 0 Å². The summed E-state index contributed by atoms with van der Waals surface area (Å²) in [4.78, 5) is 51.5. The second kappa shape index (κ2) is 7.87. The lowest BCUT2D eigenvalue weighted by atomic mass is 10.1. The zero-order chi connectivity index (χ0) is 26.1. The van der Waals surface area contributed by atoms with Gasteiger partial charge in [0.25, 0.3) is 11.8 Å². The smallest absolute Gasteiger partial charge is 0.266 e. The number of fused-ring (bicyclic) bond motifs is 3. The third kappa shape index (κ3) is 3.03. The molecule has 1 aliphatic carbocycles. The molecule has 8 nitrogen and oxygen atoms in total. The third-order valence-corrected chi connectivity index (χ3v) is 6.78. The summed E-state index contributed by atoms with van der Waals surface area (Å²) in [6, 6.07) is 11.9. The predicted molar refractivity (Wildman–Crippen MR) is 136 cm³/mol. The van der Waals surface area contributed by atoms with Gasteiger partial charge in [0, 0.05) is 23.2 Å². The van der Waals surface area contributed by atoms with Crippen LogP contribution in [0.5, 0.6) is 0 Å². The van der Waals surface area contributed by atoms with Crippen LogP contribution in [0, 0.1) is 11.6 Å². The summed E-state index contributed by atoms with van der Waals surface area (Å²) in [6.45, 7) is 0.0427. The van der Waals surface area contributed by atoms with Crippen LogP contribution < -0.4 is 10.5 Å². The van der Waals surface area contributed by atoms with E-state index in [1.54, 1.807) is 34.9 Å². The predicted octanol–water partition coefficient (Wildman–Crippen LogP) is 4.35. The normalized spacial score (nSPS) is 14.4. The number of hydrogen-bond acceptors (Lipinski definition) is 5. The van der Waals surface area contributed by atoms with E-state index in [0.29, 0.717) is 39.1 Å². The van der Waals surface area contributed by atoms with E-state index in [9.17, 15) is 23.2 Å². The number of aromatic amines is 1. The van der Waals surface area contributed by atoms with E-state index in [-0.39, 0.29) is 17.7 Å². The summed E-state index contributed by atoms with van der Waals surface area (Å²) < 4.78 is 30.1. The zero-order valence-electron chi connectivity index (χ0n) is 19.4. The number of carbonyl (C=O) groups excluding carboxylic acids is 2. The number of halogens is 2. The highest BCUT2D eigenvalue weighted by molar-refractivity contribution is 6.35. The summed E-state index contributed by atoms with van der Waals surface area (Å²) in [5.74, 6) is -2.66. The Morgan fingerprint density at radius 1 is 0.947 bits per heavy atom. The second-order valence-corrected chi connectivity index (χ2v) is 8.94. The van der Waals surface area contributed by atoms with E-state index >= 15 is 0 Å². The molecule has 0 fully saturated rings. The van der Waals surface area contributed by atoms with Crippen LogP contribution in [0.1, 0.15) is 32.1 Å². The molecule has 7 rings (SSSR count). The molecule has 0 unspecified atom stereocenters. The lowest BCUT2D eigenvalue weighted by Gasteiger charge is -2.15. The van der Waals surface area contributed by atoms with Gasteiger partial charge in [0.15, 0.2) is 17.3 Å². The number of carbonyl (C=O) groups is 2. The number of anilines is 1. The number of nitrogens with zero attached hydrogens (tertiary/aromatic N) is 4. The van der Waals surface area contributed by atoms with Crippen molar-refractivity contribution in [1.82, 2.24) is 19.5 Å². The van der Waals surface area contributed by atoms with E-state index in [2.05, 4.69) is 9.97 Å². The van der Waals surface area contributed by atoms with Crippen LogP contribution in [0.15, 0.2) is 77.8 Å². The molecule has 10 heteroatoms. The Balaban J connectivity index is 1.43. The van der Waals surface area contributed by atoms with Gasteiger partial charge in [0.2, 0.25) is 5.56 Å². The van der Waals surface area contributed by atoms with E-state index in [4.69, 9.17) is 4.98 Å². The van der Waals surface area contributed by atoms with Crippen molar-refractivity contribution in [3.8, 4) is 0 Å². The van der Waals surface area contributed by atoms with E-state index in [0.717, 1.165) is 16.5 Å². The number of imide groups is 1. The van der Waals surface area contributed by atoms with Gasteiger partial charge in [-0.3, -0.25) is 14.4 Å². The first kappa shape index (κ1) is 22.0. The molecule has 1 aliphatic heterocycles. The highest BCUT2D eigenvalue weighted by atomic mass is 19.2. The summed E-state index contributed by atoms with van der Waals surface area (Å²) >= 11 is 0. The lowest BCUT2D eigenvalue weighted by molar-refractivity contribution is 0.0926. The average molecular weight is 507 g/mol. The maximum Gasteiger partial charge on any atom is 0.266 e. The van der Waals surface area contributed by atoms with Gasteiger partial charge in [-0.05, 0) is 35.9 Å². The Morgan fingerprint density at radius 3 is 2.37 bits per heavy atom. The van der Waals surface area contributed by atoms with Crippen LogP contribution in [-0.4, -0.2) is 31.3 Å². The van der Waals surface area contributed by atoms with Crippen LogP contribution in [0.4, 0.5) is 14.5 Å². The first-order valence-corrected chi connectivity index (χ1v) is 11.6. The van der Waals surface area contributed by atoms with E-state index in [1.807, 2.05) is 18.2 Å². The Morgan fingerprint density at radius 2 is 1.68 bits per heavy atom. The first-order valence-electron chi connectivity index (χ1n) is 11.6. The van der Waals surface area contributed by atoms with Gasteiger partial charge < -0.3 is 9.55 Å². The van der Waals surface area contributed by atoms with E-state index in [1.165, 1.54) is 18.3 Å². The van der Waals surface area contributed by atoms with Crippen molar-refractivity contribution in [2.75, 3.05) is 4.90 Å². The van der Waals surface area contributed by atoms with Crippen LogP contribution >= 0.6 is 0 Å². The highest BCUT2D eigenvalue weighted by Gasteiger charge is 2.38. The Kier molecular flexibility index (Phi) is 4.56. The monoisotopic (exact) mass is 507 g/mol. The summed E-state index contributed by atoms with van der Waals surface area (Å²) in [6.07, 6.45) is 6.98. The molecular weight excluding hydrogens is 492 g/mol. The second-order valence-electron chi connectivity index (χ2n) is 8.94. The maximum atomic E-state index is 14.5. The highest BCUT2D eigenvalue weighted by Crippen LogP contribution is 2.35. The minimum Gasteiger partial charge on any atom is -0.319 e.